The van der Waals surface area contributed by atoms with Gasteiger partial charge in [-0.05, 0) is 34.7 Å². The van der Waals surface area contributed by atoms with E-state index in [0.29, 0.717) is 6.54 Å². The Bertz CT molecular complexity index is 1250. The number of rotatable bonds is 5. The number of hydrogen-bond donors (Lipinski definition) is 0. The number of carbonyl (C=O) groups excluding carboxylic acids is 2. The fourth-order valence-corrected chi connectivity index (χ4v) is 7.33. The van der Waals surface area contributed by atoms with Crippen molar-refractivity contribution in [3.8, 4) is 0 Å². The molecule has 0 saturated carbocycles. The van der Waals surface area contributed by atoms with Crippen molar-refractivity contribution >= 4 is 11.9 Å². The maximum Gasteiger partial charge on any atom is 0.328 e. The number of benzene rings is 3. The Morgan fingerprint density at radius 1 is 0.914 bits per heavy atom. The van der Waals surface area contributed by atoms with Crippen LogP contribution in [0.3, 0.4) is 0 Å². The van der Waals surface area contributed by atoms with E-state index in [-0.39, 0.29) is 29.8 Å². The number of amides is 1. The number of carbonyl (C=O) groups is 2. The van der Waals surface area contributed by atoms with Crippen molar-refractivity contribution < 1.29 is 19.1 Å². The van der Waals surface area contributed by atoms with Gasteiger partial charge in [0.2, 0.25) is 5.91 Å². The third-order valence-electron chi connectivity index (χ3n) is 8.63. The average molecular weight is 468 g/mol. The molecule has 2 bridgehead atoms. The van der Waals surface area contributed by atoms with Crippen molar-refractivity contribution in [1.82, 2.24) is 4.90 Å². The maximum atomic E-state index is 14.5. The van der Waals surface area contributed by atoms with E-state index in [1.807, 2.05) is 54.6 Å². The molecule has 1 heterocycles. The first kappa shape index (κ1) is 22.1. The van der Waals surface area contributed by atoms with Gasteiger partial charge in [0.1, 0.15) is 6.04 Å². The van der Waals surface area contributed by atoms with E-state index in [9.17, 15) is 9.59 Å². The number of methoxy groups -OCH3 is 2. The van der Waals surface area contributed by atoms with Crippen LogP contribution in [0.25, 0.3) is 0 Å². The van der Waals surface area contributed by atoms with Crippen LogP contribution >= 0.6 is 0 Å². The van der Waals surface area contributed by atoms with Crippen LogP contribution < -0.4 is 0 Å². The third kappa shape index (κ3) is 2.79. The van der Waals surface area contributed by atoms with E-state index in [0.717, 1.165) is 16.7 Å². The number of nitrogens with zero attached hydrogens (tertiary/aromatic N) is 1. The monoisotopic (exact) mass is 467 g/mol. The Labute approximate surface area is 205 Å². The van der Waals surface area contributed by atoms with Crippen LogP contribution in [0.5, 0.6) is 0 Å². The molecule has 35 heavy (non-hydrogen) atoms. The number of esters is 1. The molecule has 3 aromatic carbocycles. The zero-order valence-corrected chi connectivity index (χ0v) is 20.2. The summed E-state index contributed by atoms with van der Waals surface area (Å²) in [5.41, 5.74) is 4.93. The van der Waals surface area contributed by atoms with Crippen molar-refractivity contribution in [2.24, 2.45) is 11.8 Å². The Kier molecular flexibility index (Phi) is 5.08. The molecule has 1 aliphatic heterocycles. The van der Waals surface area contributed by atoms with Gasteiger partial charge in [-0.2, -0.15) is 0 Å². The van der Waals surface area contributed by atoms with Crippen molar-refractivity contribution in [3.05, 3.63) is 107 Å². The summed E-state index contributed by atoms with van der Waals surface area (Å²) in [6, 6.07) is 26.0. The summed E-state index contributed by atoms with van der Waals surface area (Å²) < 4.78 is 11.4. The van der Waals surface area contributed by atoms with Crippen molar-refractivity contribution in [1.29, 1.82) is 0 Å². The highest BCUT2D eigenvalue weighted by Crippen LogP contribution is 2.66. The minimum Gasteiger partial charge on any atom is -0.467 e. The first-order valence-electron chi connectivity index (χ1n) is 12.2. The predicted molar refractivity (Wildman–Crippen MR) is 132 cm³/mol. The largest absolute Gasteiger partial charge is 0.467 e. The van der Waals surface area contributed by atoms with Crippen molar-refractivity contribution in [2.45, 2.75) is 36.9 Å². The van der Waals surface area contributed by atoms with Crippen LogP contribution in [-0.4, -0.2) is 43.1 Å². The maximum absolute atomic E-state index is 14.5. The van der Waals surface area contributed by atoms with Gasteiger partial charge in [0.15, 0.2) is 0 Å². The van der Waals surface area contributed by atoms with E-state index >= 15 is 0 Å². The number of ether oxygens (including phenoxy) is 2. The third-order valence-corrected chi connectivity index (χ3v) is 8.63. The van der Waals surface area contributed by atoms with E-state index in [2.05, 4.69) is 31.2 Å². The molecule has 1 fully saturated rings. The molecular formula is C30H29NO4. The molecule has 178 valence electrons. The lowest BCUT2D eigenvalue weighted by molar-refractivity contribution is -0.150. The summed E-state index contributed by atoms with van der Waals surface area (Å²) in [6.07, 6.45) is -0.280. The highest BCUT2D eigenvalue weighted by Gasteiger charge is 2.70. The van der Waals surface area contributed by atoms with Gasteiger partial charge in [-0.1, -0.05) is 78.9 Å². The molecule has 3 aromatic rings. The summed E-state index contributed by atoms with van der Waals surface area (Å²) in [5.74, 6) is -1.12. The summed E-state index contributed by atoms with van der Waals surface area (Å²) in [7, 11) is 3.12. The molecule has 0 N–H and O–H groups in total. The molecule has 0 aromatic heterocycles. The average Bonchev–Trinajstić information content (AvgIpc) is 3.20. The second kappa shape index (κ2) is 8.06. The molecule has 5 nitrogen and oxygen atoms in total. The molecule has 0 spiro atoms. The van der Waals surface area contributed by atoms with E-state index in [1.165, 1.54) is 18.2 Å². The van der Waals surface area contributed by atoms with Crippen LogP contribution in [0.15, 0.2) is 78.9 Å². The molecular weight excluding hydrogens is 438 g/mol. The first-order chi connectivity index (χ1) is 17.1. The van der Waals surface area contributed by atoms with Gasteiger partial charge in [-0.25, -0.2) is 4.79 Å². The molecule has 4 aliphatic rings. The fourth-order valence-electron chi connectivity index (χ4n) is 7.33. The lowest BCUT2D eigenvalue weighted by atomic mass is 9.45. The van der Waals surface area contributed by atoms with Crippen LogP contribution in [0.1, 0.15) is 40.7 Å². The second-order valence-corrected chi connectivity index (χ2v) is 9.87. The fraction of sp³-hybridized carbons (Fsp3) is 0.333. The zero-order valence-electron chi connectivity index (χ0n) is 20.2. The molecule has 5 heteroatoms. The van der Waals surface area contributed by atoms with Crippen molar-refractivity contribution in [3.63, 3.8) is 0 Å². The number of likely N-dealkylation sites (tertiary alicyclic amines) is 1. The highest BCUT2D eigenvalue weighted by molar-refractivity contribution is 5.94. The predicted octanol–water partition coefficient (Wildman–Crippen LogP) is 4.28. The Morgan fingerprint density at radius 2 is 1.49 bits per heavy atom. The van der Waals surface area contributed by atoms with Crippen molar-refractivity contribution in [2.75, 3.05) is 14.2 Å². The summed E-state index contributed by atoms with van der Waals surface area (Å²) in [4.78, 5) is 29.6. The van der Waals surface area contributed by atoms with Gasteiger partial charge in [0, 0.05) is 25.5 Å². The lowest BCUT2D eigenvalue weighted by Gasteiger charge is -2.57. The van der Waals surface area contributed by atoms with Gasteiger partial charge < -0.3 is 14.4 Å². The van der Waals surface area contributed by atoms with Gasteiger partial charge in [-0.3, -0.25) is 4.79 Å². The molecule has 1 saturated heterocycles. The minimum atomic E-state index is -0.698. The topological polar surface area (TPSA) is 55.8 Å². The van der Waals surface area contributed by atoms with Crippen LogP contribution in [-0.2, 0) is 31.0 Å². The van der Waals surface area contributed by atoms with E-state index in [4.69, 9.17) is 9.47 Å². The standard InChI is InChI=1S/C30H29NO4/c1-18(34-2)30-22-15-9-7-13-20(22)24(21-14-8-10-16-23(21)30)25-26(30)28(32)31(27(25)29(33)35-3)17-19-11-5-4-6-12-19/h4-16,18,24-27H,17H2,1-3H3/t18-,24?,25-,26+,27-,30?/m0/s1. The second-order valence-electron chi connectivity index (χ2n) is 9.87. The Morgan fingerprint density at radius 3 is 2.06 bits per heavy atom. The molecule has 0 radical (unpaired) electrons. The van der Waals surface area contributed by atoms with Gasteiger partial charge >= 0.3 is 5.97 Å². The van der Waals surface area contributed by atoms with Gasteiger partial charge in [-0.15, -0.1) is 0 Å². The molecule has 3 aliphatic carbocycles. The molecule has 0 unspecified atom stereocenters. The summed E-state index contributed by atoms with van der Waals surface area (Å²) in [5, 5.41) is 0. The highest BCUT2D eigenvalue weighted by atomic mass is 16.5. The first-order valence-corrected chi connectivity index (χ1v) is 12.2. The lowest BCUT2D eigenvalue weighted by Crippen LogP contribution is -2.59. The zero-order chi connectivity index (χ0) is 24.3. The molecule has 1 amide bonds. The van der Waals surface area contributed by atoms with Gasteiger partial charge in [0.25, 0.3) is 0 Å². The van der Waals surface area contributed by atoms with Crippen LogP contribution in [0.2, 0.25) is 0 Å². The van der Waals surface area contributed by atoms with E-state index < -0.39 is 17.4 Å². The minimum absolute atomic E-state index is 0.00726. The summed E-state index contributed by atoms with van der Waals surface area (Å²) >= 11 is 0. The van der Waals surface area contributed by atoms with E-state index in [1.54, 1.807) is 12.0 Å². The number of hydrogen-bond acceptors (Lipinski definition) is 4. The molecule has 4 atom stereocenters. The Hall–Kier alpha value is -3.44. The molecule has 7 rings (SSSR count). The summed E-state index contributed by atoms with van der Waals surface area (Å²) in [6.45, 7) is 2.42. The normalized spacial score (nSPS) is 28.8. The Balaban J connectivity index is 1.63. The smallest absolute Gasteiger partial charge is 0.328 e. The quantitative estimate of drug-likeness (QED) is 0.526. The van der Waals surface area contributed by atoms with Crippen LogP contribution in [0, 0.1) is 11.8 Å². The van der Waals surface area contributed by atoms with Crippen LogP contribution in [0.4, 0.5) is 0 Å². The SMILES string of the molecule is COC(=O)[C@@H]1[C@H]2C3c4ccccc4C([C@H](C)OC)(c4ccccc43)[C@H]2C(=O)N1Cc1ccccc1. The van der Waals surface area contributed by atoms with Gasteiger partial charge in [0.05, 0.1) is 24.5 Å².